The summed E-state index contributed by atoms with van der Waals surface area (Å²) in [4.78, 5) is 0. The first-order valence-electron chi connectivity index (χ1n) is 5.74. The zero-order valence-electron chi connectivity index (χ0n) is 9.15. The van der Waals surface area contributed by atoms with Gasteiger partial charge in [-0.05, 0) is 18.9 Å². The number of alkyl halides is 2. The minimum atomic E-state index is -2.48. The van der Waals surface area contributed by atoms with Crippen LogP contribution in [0, 0.1) is 0 Å². The summed E-state index contributed by atoms with van der Waals surface area (Å²) in [5.41, 5.74) is 5.98. The Hall–Kier alpha value is -0.970. The van der Waals surface area contributed by atoms with Crippen molar-refractivity contribution in [2.75, 3.05) is 0 Å². The van der Waals surface area contributed by atoms with E-state index < -0.39 is 12.5 Å². The van der Waals surface area contributed by atoms with Crippen molar-refractivity contribution in [3.8, 4) is 0 Å². The lowest BCUT2D eigenvalue weighted by molar-refractivity contribution is 0.115. The van der Waals surface area contributed by atoms with Crippen molar-refractivity contribution in [3.05, 3.63) is 18.0 Å². The van der Waals surface area contributed by atoms with Crippen LogP contribution in [0.5, 0.6) is 0 Å². The van der Waals surface area contributed by atoms with E-state index in [0.717, 1.165) is 12.8 Å². The Kier molecular flexibility index (Phi) is 3.53. The first-order chi connectivity index (χ1) is 7.66. The molecule has 0 spiro atoms. The smallest absolute Gasteiger partial charge is 0.253 e. The summed E-state index contributed by atoms with van der Waals surface area (Å²) in [6.45, 7) is 0. The standard InChI is InChI=1S/C11H17F2N3/c12-11(13)10(14)7-8-5-6-16(15-8)9-3-1-2-4-9/h5-6,9-11H,1-4,7,14H2. The molecule has 0 bridgehead atoms. The Morgan fingerprint density at radius 2 is 2.12 bits per heavy atom. The molecule has 1 aliphatic carbocycles. The highest BCUT2D eigenvalue weighted by molar-refractivity contribution is 5.02. The Balaban J connectivity index is 1.96. The zero-order chi connectivity index (χ0) is 11.5. The summed E-state index contributed by atoms with van der Waals surface area (Å²) in [7, 11) is 0. The molecular weight excluding hydrogens is 212 g/mol. The van der Waals surface area contributed by atoms with E-state index >= 15 is 0 Å². The Morgan fingerprint density at radius 1 is 1.44 bits per heavy atom. The van der Waals surface area contributed by atoms with Crippen molar-refractivity contribution in [2.24, 2.45) is 5.73 Å². The fourth-order valence-electron chi connectivity index (χ4n) is 2.19. The van der Waals surface area contributed by atoms with Crippen LogP contribution < -0.4 is 5.73 Å². The lowest BCUT2D eigenvalue weighted by atomic mass is 10.2. The fraction of sp³-hybridized carbons (Fsp3) is 0.727. The van der Waals surface area contributed by atoms with Gasteiger partial charge in [-0.25, -0.2) is 8.78 Å². The van der Waals surface area contributed by atoms with Crippen LogP contribution in [0.4, 0.5) is 8.78 Å². The normalized spacial score (nSPS) is 19.5. The number of aromatic nitrogens is 2. The monoisotopic (exact) mass is 229 g/mol. The fourth-order valence-corrected chi connectivity index (χ4v) is 2.19. The van der Waals surface area contributed by atoms with Crippen LogP contribution in [0.15, 0.2) is 12.3 Å². The summed E-state index contributed by atoms with van der Waals surface area (Å²) in [5.74, 6) is 0. The topological polar surface area (TPSA) is 43.8 Å². The van der Waals surface area contributed by atoms with Gasteiger partial charge in [0.05, 0.1) is 17.8 Å². The quantitative estimate of drug-likeness (QED) is 0.859. The molecule has 0 aliphatic heterocycles. The van der Waals surface area contributed by atoms with Gasteiger partial charge in [0.25, 0.3) is 6.43 Å². The highest BCUT2D eigenvalue weighted by Crippen LogP contribution is 2.28. The summed E-state index contributed by atoms with van der Waals surface area (Å²) in [6, 6.07) is 1.14. The number of rotatable bonds is 4. The second-order valence-electron chi connectivity index (χ2n) is 4.43. The molecule has 1 unspecified atom stereocenters. The maximum atomic E-state index is 12.3. The van der Waals surface area contributed by atoms with Crippen LogP contribution in [0.2, 0.25) is 0 Å². The predicted octanol–water partition coefficient (Wildman–Crippen LogP) is 2.13. The van der Waals surface area contributed by atoms with E-state index in [1.54, 1.807) is 6.07 Å². The van der Waals surface area contributed by atoms with Gasteiger partial charge in [-0.3, -0.25) is 4.68 Å². The zero-order valence-corrected chi connectivity index (χ0v) is 9.15. The minimum Gasteiger partial charge on any atom is -0.323 e. The third-order valence-electron chi connectivity index (χ3n) is 3.13. The molecule has 5 heteroatoms. The predicted molar refractivity (Wildman–Crippen MR) is 57.4 cm³/mol. The molecule has 1 heterocycles. The number of nitrogens with two attached hydrogens (primary N) is 1. The molecule has 1 aromatic rings. The molecule has 1 aliphatic rings. The molecule has 0 radical (unpaired) electrons. The van der Waals surface area contributed by atoms with Gasteiger partial charge in [-0.15, -0.1) is 0 Å². The number of nitrogens with zero attached hydrogens (tertiary/aromatic N) is 2. The van der Waals surface area contributed by atoms with E-state index in [1.165, 1.54) is 12.8 Å². The van der Waals surface area contributed by atoms with Gasteiger partial charge in [0, 0.05) is 12.6 Å². The third-order valence-corrected chi connectivity index (χ3v) is 3.13. The largest absolute Gasteiger partial charge is 0.323 e. The lowest BCUT2D eigenvalue weighted by Crippen LogP contribution is -2.31. The molecule has 1 fully saturated rings. The average molecular weight is 229 g/mol. The molecule has 2 rings (SSSR count). The van der Waals surface area contributed by atoms with Gasteiger partial charge in [0.1, 0.15) is 0 Å². The van der Waals surface area contributed by atoms with E-state index in [4.69, 9.17) is 5.73 Å². The molecule has 1 aromatic heterocycles. The summed E-state index contributed by atoms with van der Waals surface area (Å²) < 4.78 is 26.4. The van der Waals surface area contributed by atoms with Gasteiger partial charge in [0.2, 0.25) is 0 Å². The van der Waals surface area contributed by atoms with Crippen molar-refractivity contribution >= 4 is 0 Å². The van der Waals surface area contributed by atoms with Gasteiger partial charge < -0.3 is 5.73 Å². The van der Waals surface area contributed by atoms with Gasteiger partial charge in [-0.1, -0.05) is 12.8 Å². The molecule has 1 atom stereocenters. The first kappa shape index (κ1) is 11.5. The first-order valence-corrected chi connectivity index (χ1v) is 5.74. The molecule has 0 saturated heterocycles. The van der Waals surface area contributed by atoms with Crippen LogP contribution in [0.3, 0.4) is 0 Å². The van der Waals surface area contributed by atoms with E-state index in [-0.39, 0.29) is 6.42 Å². The highest BCUT2D eigenvalue weighted by Gasteiger charge is 2.20. The Bertz CT molecular complexity index is 332. The molecule has 2 N–H and O–H groups in total. The SMILES string of the molecule is NC(Cc1ccn(C2CCCC2)n1)C(F)F. The maximum Gasteiger partial charge on any atom is 0.253 e. The van der Waals surface area contributed by atoms with E-state index in [2.05, 4.69) is 5.10 Å². The van der Waals surface area contributed by atoms with Crippen molar-refractivity contribution in [2.45, 2.75) is 50.6 Å². The molecular formula is C11H17F2N3. The van der Waals surface area contributed by atoms with Gasteiger partial charge in [-0.2, -0.15) is 5.10 Å². The van der Waals surface area contributed by atoms with E-state index in [0.29, 0.717) is 11.7 Å². The molecule has 0 amide bonds. The van der Waals surface area contributed by atoms with Crippen LogP contribution in [-0.4, -0.2) is 22.2 Å². The Labute approximate surface area is 93.6 Å². The van der Waals surface area contributed by atoms with Crippen LogP contribution in [0.25, 0.3) is 0 Å². The molecule has 90 valence electrons. The number of halogens is 2. The second-order valence-corrected chi connectivity index (χ2v) is 4.43. The lowest BCUT2D eigenvalue weighted by Gasteiger charge is -2.10. The maximum absolute atomic E-state index is 12.3. The molecule has 1 saturated carbocycles. The van der Waals surface area contributed by atoms with Crippen molar-refractivity contribution in [3.63, 3.8) is 0 Å². The average Bonchev–Trinajstić information content (AvgIpc) is 2.85. The third kappa shape index (κ3) is 2.58. The Morgan fingerprint density at radius 3 is 2.75 bits per heavy atom. The van der Waals surface area contributed by atoms with Gasteiger partial charge in [0.15, 0.2) is 0 Å². The van der Waals surface area contributed by atoms with Crippen LogP contribution in [0.1, 0.15) is 37.4 Å². The molecule has 3 nitrogen and oxygen atoms in total. The van der Waals surface area contributed by atoms with Crippen molar-refractivity contribution < 1.29 is 8.78 Å². The summed E-state index contributed by atoms with van der Waals surface area (Å²) >= 11 is 0. The van der Waals surface area contributed by atoms with Crippen molar-refractivity contribution in [1.82, 2.24) is 9.78 Å². The molecule has 16 heavy (non-hydrogen) atoms. The van der Waals surface area contributed by atoms with Crippen LogP contribution in [-0.2, 0) is 6.42 Å². The summed E-state index contributed by atoms with van der Waals surface area (Å²) in [6.07, 6.45) is 4.30. The summed E-state index contributed by atoms with van der Waals surface area (Å²) in [5, 5.41) is 4.32. The van der Waals surface area contributed by atoms with E-state index in [9.17, 15) is 8.78 Å². The molecule has 0 aromatic carbocycles. The minimum absolute atomic E-state index is 0.150. The second kappa shape index (κ2) is 4.91. The number of hydrogen-bond acceptors (Lipinski definition) is 2. The number of hydrogen-bond donors (Lipinski definition) is 1. The van der Waals surface area contributed by atoms with Gasteiger partial charge >= 0.3 is 0 Å². The van der Waals surface area contributed by atoms with Crippen molar-refractivity contribution in [1.29, 1.82) is 0 Å². The van der Waals surface area contributed by atoms with E-state index in [1.807, 2.05) is 10.9 Å². The highest BCUT2D eigenvalue weighted by atomic mass is 19.3. The van der Waals surface area contributed by atoms with Crippen LogP contribution >= 0.6 is 0 Å².